The van der Waals surface area contributed by atoms with Crippen LogP contribution >= 0.6 is 34.5 Å². The molecule has 0 amide bonds. The first-order valence-electron chi connectivity index (χ1n) is 6.54. The molecule has 2 heterocycles. The van der Waals surface area contributed by atoms with Crippen molar-refractivity contribution in [3.63, 3.8) is 0 Å². The Labute approximate surface area is 135 Å². The average Bonchev–Trinajstić information content (AvgIpc) is 3.15. The van der Waals surface area contributed by atoms with Crippen molar-refractivity contribution in [3.8, 4) is 17.5 Å². The molecule has 1 saturated carbocycles. The highest BCUT2D eigenvalue weighted by Gasteiger charge is 2.29. The van der Waals surface area contributed by atoms with Gasteiger partial charge >= 0.3 is 0 Å². The van der Waals surface area contributed by atoms with Gasteiger partial charge in [-0.3, -0.25) is 0 Å². The normalized spacial score (nSPS) is 14.5. The zero-order valence-corrected chi connectivity index (χ0v) is 13.1. The highest BCUT2D eigenvalue weighted by atomic mass is 35.5. The summed E-state index contributed by atoms with van der Waals surface area (Å²) < 4.78 is 3.53. The SMILES string of the molecule is N#Cc1ccc2c(c1)nc(-c1cc(Cl)sc1Cl)n2C1CC1. The van der Waals surface area contributed by atoms with E-state index in [9.17, 15) is 0 Å². The van der Waals surface area contributed by atoms with Crippen molar-refractivity contribution in [3.05, 3.63) is 38.5 Å². The van der Waals surface area contributed by atoms with Crippen LogP contribution in [0.3, 0.4) is 0 Å². The number of fused-ring (bicyclic) bond motifs is 1. The zero-order chi connectivity index (χ0) is 14.6. The number of aromatic nitrogens is 2. The van der Waals surface area contributed by atoms with Crippen LogP contribution in [0, 0.1) is 11.3 Å². The van der Waals surface area contributed by atoms with Crippen LogP contribution in [0.15, 0.2) is 24.3 Å². The van der Waals surface area contributed by atoms with E-state index < -0.39 is 0 Å². The second kappa shape index (κ2) is 4.74. The summed E-state index contributed by atoms with van der Waals surface area (Å²) in [5.74, 6) is 0.843. The Hall–Kier alpha value is -1.54. The van der Waals surface area contributed by atoms with Crippen molar-refractivity contribution >= 4 is 45.6 Å². The molecule has 0 unspecified atom stereocenters. The molecular formula is C15H9Cl2N3S. The van der Waals surface area contributed by atoms with Crippen LogP contribution in [0.1, 0.15) is 24.4 Å². The van der Waals surface area contributed by atoms with E-state index in [-0.39, 0.29) is 0 Å². The Morgan fingerprint density at radius 1 is 1.29 bits per heavy atom. The molecule has 0 radical (unpaired) electrons. The fourth-order valence-electron chi connectivity index (χ4n) is 2.55. The Morgan fingerprint density at radius 2 is 2.10 bits per heavy atom. The molecule has 1 aliphatic carbocycles. The number of nitrogens with zero attached hydrogens (tertiary/aromatic N) is 3. The van der Waals surface area contributed by atoms with Gasteiger partial charge in [-0.05, 0) is 37.1 Å². The summed E-state index contributed by atoms with van der Waals surface area (Å²) >= 11 is 13.7. The fraction of sp³-hybridized carbons (Fsp3) is 0.200. The van der Waals surface area contributed by atoms with Gasteiger partial charge in [-0.2, -0.15) is 5.26 Å². The lowest BCUT2D eigenvalue weighted by Gasteiger charge is -2.06. The molecule has 0 spiro atoms. The van der Waals surface area contributed by atoms with E-state index in [4.69, 9.17) is 33.4 Å². The summed E-state index contributed by atoms with van der Waals surface area (Å²) in [4.78, 5) is 4.70. The molecule has 0 N–H and O–H groups in total. The van der Waals surface area contributed by atoms with E-state index in [1.807, 2.05) is 24.3 Å². The molecule has 1 aromatic carbocycles. The topological polar surface area (TPSA) is 41.6 Å². The van der Waals surface area contributed by atoms with Crippen LogP contribution in [0.5, 0.6) is 0 Å². The minimum absolute atomic E-state index is 0.465. The van der Waals surface area contributed by atoms with Gasteiger partial charge < -0.3 is 4.57 Å². The molecular weight excluding hydrogens is 325 g/mol. The summed E-state index contributed by atoms with van der Waals surface area (Å²) in [5.41, 5.74) is 3.36. The maximum Gasteiger partial charge on any atom is 0.143 e. The van der Waals surface area contributed by atoms with E-state index in [1.54, 1.807) is 0 Å². The molecule has 4 rings (SSSR count). The predicted octanol–water partition coefficient (Wildman–Crippen LogP) is 5.28. The van der Waals surface area contributed by atoms with Crippen LogP contribution in [0.25, 0.3) is 22.4 Å². The van der Waals surface area contributed by atoms with Crippen LogP contribution in [0.2, 0.25) is 8.67 Å². The van der Waals surface area contributed by atoms with E-state index >= 15 is 0 Å². The molecule has 104 valence electrons. The Kier molecular flexibility index (Phi) is 2.97. The molecule has 1 aliphatic rings. The number of hydrogen-bond donors (Lipinski definition) is 0. The summed E-state index contributed by atoms with van der Waals surface area (Å²) in [6, 6.07) is 10.1. The highest BCUT2D eigenvalue weighted by molar-refractivity contribution is 7.20. The fourth-order valence-corrected chi connectivity index (χ4v) is 4.01. The number of imidazole rings is 1. The van der Waals surface area contributed by atoms with Gasteiger partial charge in [0.05, 0.1) is 27.0 Å². The van der Waals surface area contributed by atoms with Crippen molar-refractivity contribution in [2.75, 3.05) is 0 Å². The van der Waals surface area contributed by atoms with E-state index in [1.165, 1.54) is 11.3 Å². The molecule has 2 aromatic heterocycles. The third-order valence-corrected chi connectivity index (χ3v) is 5.12. The second-order valence-electron chi connectivity index (χ2n) is 5.09. The first kappa shape index (κ1) is 13.1. The maximum atomic E-state index is 9.04. The van der Waals surface area contributed by atoms with E-state index in [2.05, 4.69) is 10.6 Å². The number of thiophene rings is 1. The van der Waals surface area contributed by atoms with E-state index in [0.29, 0.717) is 20.3 Å². The minimum Gasteiger partial charge on any atom is -0.321 e. The number of nitriles is 1. The van der Waals surface area contributed by atoms with Gasteiger partial charge in [-0.25, -0.2) is 4.98 Å². The Bertz CT molecular complexity index is 900. The van der Waals surface area contributed by atoms with Crippen molar-refractivity contribution in [2.45, 2.75) is 18.9 Å². The molecule has 6 heteroatoms. The van der Waals surface area contributed by atoms with Gasteiger partial charge in [0, 0.05) is 11.6 Å². The van der Waals surface area contributed by atoms with Crippen molar-refractivity contribution in [2.24, 2.45) is 0 Å². The quantitative estimate of drug-likeness (QED) is 0.640. The largest absolute Gasteiger partial charge is 0.321 e. The minimum atomic E-state index is 0.465. The lowest BCUT2D eigenvalue weighted by molar-refractivity contribution is 0.775. The lowest BCUT2D eigenvalue weighted by Crippen LogP contribution is -1.96. The van der Waals surface area contributed by atoms with Gasteiger partial charge in [0.1, 0.15) is 10.2 Å². The van der Waals surface area contributed by atoms with Crippen LogP contribution in [-0.4, -0.2) is 9.55 Å². The maximum absolute atomic E-state index is 9.04. The number of benzene rings is 1. The van der Waals surface area contributed by atoms with Crippen LogP contribution in [-0.2, 0) is 0 Å². The summed E-state index contributed by atoms with van der Waals surface area (Å²) in [6.07, 6.45) is 2.29. The smallest absolute Gasteiger partial charge is 0.143 e. The summed E-state index contributed by atoms with van der Waals surface area (Å²) in [6.45, 7) is 0. The first-order valence-corrected chi connectivity index (χ1v) is 8.12. The summed E-state index contributed by atoms with van der Waals surface area (Å²) in [7, 11) is 0. The van der Waals surface area contributed by atoms with Crippen molar-refractivity contribution in [1.82, 2.24) is 9.55 Å². The third kappa shape index (κ3) is 2.13. The zero-order valence-electron chi connectivity index (χ0n) is 10.8. The summed E-state index contributed by atoms with van der Waals surface area (Å²) in [5, 5.41) is 9.04. The third-order valence-electron chi connectivity index (χ3n) is 3.63. The van der Waals surface area contributed by atoms with Crippen molar-refractivity contribution in [1.29, 1.82) is 5.26 Å². The van der Waals surface area contributed by atoms with Gasteiger partial charge in [0.15, 0.2) is 0 Å². The van der Waals surface area contributed by atoms with Gasteiger partial charge in [-0.1, -0.05) is 23.2 Å². The second-order valence-corrected chi connectivity index (χ2v) is 7.38. The molecule has 1 fully saturated rings. The van der Waals surface area contributed by atoms with Crippen molar-refractivity contribution < 1.29 is 0 Å². The lowest BCUT2D eigenvalue weighted by atomic mass is 10.2. The number of halogens is 2. The van der Waals surface area contributed by atoms with Gasteiger partial charge in [0.25, 0.3) is 0 Å². The van der Waals surface area contributed by atoms with E-state index in [0.717, 1.165) is 35.3 Å². The Morgan fingerprint density at radius 3 is 2.71 bits per heavy atom. The molecule has 21 heavy (non-hydrogen) atoms. The molecule has 0 aliphatic heterocycles. The molecule has 3 aromatic rings. The molecule has 3 nitrogen and oxygen atoms in total. The number of rotatable bonds is 2. The molecule has 0 saturated heterocycles. The van der Waals surface area contributed by atoms with Crippen LogP contribution in [0.4, 0.5) is 0 Å². The predicted molar refractivity (Wildman–Crippen MR) is 86.1 cm³/mol. The standard InChI is InChI=1S/C15H9Cl2N3S/c16-13-6-10(14(17)21-13)15-19-11-5-8(7-18)1-4-12(11)20(15)9-2-3-9/h1,4-6,9H,2-3H2. The molecule has 0 atom stereocenters. The monoisotopic (exact) mass is 333 g/mol. The van der Waals surface area contributed by atoms with Gasteiger partial charge in [-0.15, -0.1) is 11.3 Å². The number of hydrogen-bond acceptors (Lipinski definition) is 3. The first-order chi connectivity index (χ1) is 10.2. The average molecular weight is 334 g/mol. The Balaban J connectivity index is 2.02. The highest BCUT2D eigenvalue weighted by Crippen LogP contribution is 2.44. The van der Waals surface area contributed by atoms with Gasteiger partial charge in [0.2, 0.25) is 0 Å². The van der Waals surface area contributed by atoms with Crippen LogP contribution < -0.4 is 0 Å². The molecule has 0 bridgehead atoms.